The van der Waals surface area contributed by atoms with Crippen LogP contribution in [0.5, 0.6) is 5.75 Å². The van der Waals surface area contributed by atoms with Gasteiger partial charge in [0.2, 0.25) is 5.78 Å². The molecule has 2 aromatic carbocycles. The number of aliphatic hydroxyl groups excluding tert-OH is 1. The van der Waals surface area contributed by atoms with Crippen molar-refractivity contribution in [1.82, 2.24) is 0 Å². The number of fused-ring (bicyclic) bond motifs is 5. The number of Topliss-reactive ketones (excluding diaryl/α,β-unsaturated/α-hetero) is 1. The number of furan rings is 1. The molecule has 6 aliphatic rings. The maximum atomic E-state index is 14.0. The first kappa shape index (κ1) is 37.4. The van der Waals surface area contributed by atoms with Crippen LogP contribution in [0.15, 0.2) is 110 Å². The molecule has 4 heterocycles. The van der Waals surface area contributed by atoms with Crippen molar-refractivity contribution < 1.29 is 42.5 Å². The van der Waals surface area contributed by atoms with E-state index in [2.05, 4.69) is 13.8 Å². The molecule has 4 aliphatic carbocycles. The monoisotopic (exact) mass is 772 g/mol. The Morgan fingerprint density at radius 3 is 2.44 bits per heavy atom. The molecule has 296 valence electrons. The van der Waals surface area contributed by atoms with Gasteiger partial charge in [-0.05, 0) is 119 Å². The molecule has 1 N–H and O–H groups in total. The predicted molar refractivity (Wildman–Crippen MR) is 210 cm³/mol. The van der Waals surface area contributed by atoms with Crippen LogP contribution in [0.1, 0.15) is 95.1 Å². The zero-order valence-electron chi connectivity index (χ0n) is 33.3. The number of benzene rings is 2. The van der Waals surface area contributed by atoms with E-state index in [-0.39, 0.29) is 52.8 Å². The molecule has 57 heavy (non-hydrogen) atoms. The van der Waals surface area contributed by atoms with Crippen molar-refractivity contribution >= 4 is 28.5 Å². The van der Waals surface area contributed by atoms with Crippen molar-refractivity contribution in [3.63, 3.8) is 0 Å². The minimum Gasteiger partial charge on any atom is -0.504 e. The van der Waals surface area contributed by atoms with Crippen LogP contribution in [-0.2, 0) is 25.5 Å². The molecule has 1 saturated heterocycles. The number of carbonyl (C=O) groups excluding carboxylic acids is 3. The van der Waals surface area contributed by atoms with Crippen LogP contribution in [-0.4, -0.2) is 46.1 Å². The minimum atomic E-state index is -0.901. The molecule has 4 aromatic rings. The van der Waals surface area contributed by atoms with Gasteiger partial charge in [-0.15, -0.1) is 0 Å². The molecule has 0 bridgehead atoms. The minimum absolute atomic E-state index is 0.00527. The summed E-state index contributed by atoms with van der Waals surface area (Å²) < 4.78 is 28.8. The Morgan fingerprint density at radius 2 is 1.72 bits per heavy atom. The van der Waals surface area contributed by atoms with E-state index in [0.29, 0.717) is 28.9 Å². The molecule has 10 rings (SSSR count). The molecule has 2 aromatic heterocycles. The number of allylic oxidation sites excluding steroid dienone is 4. The van der Waals surface area contributed by atoms with Crippen LogP contribution in [0.3, 0.4) is 0 Å². The van der Waals surface area contributed by atoms with Crippen molar-refractivity contribution in [3.05, 3.63) is 124 Å². The van der Waals surface area contributed by atoms with E-state index < -0.39 is 33.1 Å². The molecular formula is C47H48O10. The molecule has 1 spiro atoms. The Morgan fingerprint density at radius 1 is 0.965 bits per heavy atom. The quantitative estimate of drug-likeness (QED) is 0.122. The van der Waals surface area contributed by atoms with E-state index in [0.717, 1.165) is 30.2 Å². The highest BCUT2D eigenvalue weighted by molar-refractivity contribution is 6.06. The molecule has 0 amide bonds. The van der Waals surface area contributed by atoms with E-state index in [4.69, 9.17) is 23.0 Å². The Kier molecular flexibility index (Phi) is 7.96. The van der Waals surface area contributed by atoms with Gasteiger partial charge in [0.15, 0.2) is 11.5 Å². The molecule has 8 atom stereocenters. The average Bonchev–Trinajstić information content (AvgIpc) is 3.45. The number of ketones is 2. The second-order valence-corrected chi connectivity index (χ2v) is 18.5. The van der Waals surface area contributed by atoms with Gasteiger partial charge in [-0.2, -0.15) is 0 Å². The molecule has 3 fully saturated rings. The number of hydrogen-bond donors (Lipinski definition) is 1. The first-order valence-corrected chi connectivity index (χ1v) is 19.8. The predicted octanol–water partition coefficient (Wildman–Crippen LogP) is 8.63. The number of esters is 1. The molecular weight excluding hydrogens is 725 g/mol. The van der Waals surface area contributed by atoms with Crippen LogP contribution >= 0.6 is 0 Å². The zero-order valence-corrected chi connectivity index (χ0v) is 33.3. The lowest BCUT2D eigenvalue weighted by Crippen LogP contribution is -2.66. The molecule has 10 heteroatoms. The fourth-order valence-corrected chi connectivity index (χ4v) is 11.9. The summed E-state index contributed by atoms with van der Waals surface area (Å²) in [6, 6.07) is 17.7. The number of carbonyl (C=O) groups is 3. The number of epoxide rings is 1. The molecule has 2 aliphatic heterocycles. The third-order valence-corrected chi connectivity index (χ3v) is 14.8. The first-order chi connectivity index (χ1) is 26.9. The summed E-state index contributed by atoms with van der Waals surface area (Å²) in [6.45, 7) is 13.7. The maximum Gasteiger partial charge on any atom is 0.338 e. The molecule has 2 saturated carbocycles. The zero-order chi connectivity index (χ0) is 40.5. The van der Waals surface area contributed by atoms with Gasteiger partial charge in [0.1, 0.15) is 28.6 Å². The van der Waals surface area contributed by atoms with Gasteiger partial charge >= 0.3 is 11.6 Å². The molecule has 0 radical (unpaired) electrons. The van der Waals surface area contributed by atoms with Crippen LogP contribution in [0, 0.1) is 27.6 Å². The summed E-state index contributed by atoms with van der Waals surface area (Å²) in [5, 5.41) is 12.2. The highest BCUT2D eigenvalue weighted by Crippen LogP contribution is 2.81. The smallest absolute Gasteiger partial charge is 0.338 e. The van der Waals surface area contributed by atoms with Gasteiger partial charge in [-0.1, -0.05) is 38.1 Å². The summed E-state index contributed by atoms with van der Waals surface area (Å²) in [5.74, 6) is -0.0415. The van der Waals surface area contributed by atoms with Crippen molar-refractivity contribution in [2.24, 2.45) is 27.6 Å². The van der Waals surface area contributed by atoms with Crippen LogP contribution in [0.4, 0.5) is 0 Å². The van der Waals surface area contributed by atoms with Gasteiger partial charge in [-0.25, -0.2) is 9.59 Å². The molecule has 10 nitrogen and oxygen atoms in total. The lowest BCUT2D eigenvalue weighted by Gasteiger charge is -2.62. The van der Waals surface area contributed by atoms with Gasteiger partial charge in [0.05, 0.1) is 35.0 Å². The lowest BCUT2D eigenvalue weighted by molar-refractivity contribution is -0.162. The highest BCUT2D eigenvalue weighted by Gasteiger charge is 2.87. The van der Waals surface area contributed by atoms with Crippen molar-refractivity contribution in [1.29, 1.82) is 0 Å². The Bertz CT molecular complexity index is 2470. The topological polar surface area (TPSA) is 146 Å². The summed E-state index contributed by atoms with van der Waals surface area (Å²) in [6.07, 6.45) is 10.0. The number of ether oxygens (including phenoxy) is 3. The van der Waals surface area contributed by atoms with E-state index >= 15 is 0 Å². The van der Waals surface area contributed by atoms with Crippen molar-refractivity contribution in [3.8, 4) is 5.75 Å². The largest absolute Gasteiger partial charge is 0.504 e. The van der Waals surface area contributed by atoms with Crippen molar-refractivity contribution in [2.75, 3.05) is 0 Å². The SMILES string of the molecule is CC(C)(OC(=O)c1ccccc1)C1Cc2cc3ccc(=O)oc3cc2O1.CC1(C)C(=O)C=CC2(C)C1=C(O)C(=O)C1(C)C2CCC2(C)C(c3ccoc3)CC3OC321. The third kappa shape index (κ3) is 5.04. The van der Waals surface area contributed by atoms with E-state index in [9.17, 15) is 24.3 Å². The standard InChI is InChI=1S/C26H30O5.C21H18O5/c1-22(2)17(27)7-9-23(3)16-6-10-24(4)15(14-8-11-30-13-14)12-18-26(24,31-18)25(16,5)21(29)19(28)20(22)23;1-21(2,26-20(23)13-6-4-3-5-7-13)18-11-15-10-14-8-9-19(22)25-16(14)12-17(15)24-18/h7-9,11,13,15-16,18,28H,6,10,12H2,1-5H3;3-10,12,18H,11H2,1-2H3. The fourth-order valence-electron chi connectivity index (χ4n) is 11.9. The van der Waals surface area contributed by atoms with Gasteiger partial charge < -0.3 is 28.2 Å². The third-order valence-electron chi connectivity index (χ3n) is 14.8. The highest BCUT2D eigenvalue weighted by atomic mass is 16.6. The number of hydrogen-bond acceptors (Lipinski definition) is 10. The average molecular weight is 773 g/mol. The van der Waals surface area contributed by atoms with Gasteiger partial charge in [-0.3, -0.25) is 9.59 Å². The summed E-state index contributed by atoms with van der Waals surface area (Å²) >= 11 is 0. The Labute approximate surface area is 330 Å². The Hall–Kier alpha value is -5.22. The summed E-state index contributed by atoms with van der Waals surface area (Å²) in [7, 11) is 0. The first-order valence-electron chi connectivity index (χ1n) is 19.8. The van der Waals surface area contributed by atoms with Crippen LogP contribution in [0.2, 0.25) is 0 Å². The fraction of sp³-hybridized carbons (Fsp3) is 0.447. The van der Waals surface area contributed by atoms with E-state index in [1.807, 2.05) is 65.2 Å². The van der Waals surface area contributed by atoms with Crippen molar-refractivity contribution in [2.45, 2.75) is 103 Å². The van der Waals surface area contributed by atoms with Crippen LogP contribution in [0.25, 0.3) is 11.0 Å². The van der Waals surface area contributed by atoms with Gasteiger partial charge in [0, 0.05) is 34.8 Å². The van der Waals surface area contributed by atoms with Crippen LogP contribution < -0.4 is 10.4 Å². The lowest BCUT2D eigenvalue weighted by atomic mass is 9.39. The second-order valence-electron chi connectivity index (χ2n) is 18.5. The number of aliphatic hydroxyl groups is 1. The summed E-state index contributed by atoms with van der Waals surface area (Å²) in [4.78, 5) is 50.5. The maximum absolute atomic E-state index is 14.0. The summed E-state index contributed by atoms with van der Waals surface area (Å²) in [5.41, 5.74) is -0.633. The van der Waals surface area contributed by atoms with E-state index in [1.54, 1.807) is 48.7 Å². The second kappa shape index (κ2) is 12.1. The van der Waals surface area contributed by atoms with E-state index in [1.165, 1.54) is 11.6 Å². The Balaban J connectivity index is 0.000000151. The normalized spacial score (nSPS) is 34.2. The number of rotatable bonds is 4. The molecule has 8 unspecified atom stereocenters. The van der Waals surface area contributed by atoms with Gasteiger partial charge in [0.25, 0.3) is 0 Å².